The van der Waals surface area contributed by atoms with E-state index in [4.69, 9.17) is 5.73 Å². The lowest BCUT2D eigenvalue weighted by Gasteiger charge is -2.25. The van der Waals surface area contributed by atoms with Crippen LogP contribution in [0.3, 0.4) is 0 Å². The Kier molecular flexibility index (Phi) is 4.73. The molecule has 5 heteroatoms. The standard InChI is InChI=1S/C15H19BrN4/c1-15(2,11-3-5-12(16)6-4-11)10-18-9-14-19-8-7-13(17)20-14/h3-8,18H,9-10H2,1-2H3,(H2,17,19,20). The van der Waals surface area contributed by atoms with Gasteiger partial charge in [0.25, 0.3) is 0 Å². The van der Waals surface area contributed by atoms with Crippen molar-refractivity contribution >= 4 is 21.7 Å². The second-order valence-electron chi connectivity index (χ2n) is 5.39. The van der Waals surface area contributed by atoms with Crippen LogP contribution in [0.15, 0.2) is 41.0 Å². The van der Waals surface area contributed by atoms with E-state index in [1.54, 1.807) is 12.3 Å². The minimum atomic E-state index is 0.0427. The van der Waals surface area contributed by atoms with Gasteiger partial charge in [0.2, 0.25) is 0 Å². The predicted octanol–water partition coefficient (Wildman–Crippen LogP) is 2.89. The number of nitrogens with two attached hydrogens (primary N) is 1. The first kappa shape index (κ1) is 14.9. The van der Waals surface area contributed by atoms with Crippen LogP contribution >= 0.6 is 15.9 Å². The summed E-state index contributed by atoms with van der Waals surface area (Å²) in [4.78, 5) is 8.36. The number of benzene rings is 1. The van der Waals surface area contributed by atoms with Crippen molar-refractivity contribution < 1.29 is 0 Å². The first-order valence-corrected chi connectivity index (χ1v) is 7.31. The van der Waals surface area contributed by atoms with Crippen molar-refractivity contribution in [3.63, 3.8) is 0 Å². The van der Waals surface area contributed by atoms with E-state index in [2.05, 4.69) is 69.3 Å². The molecule has 0 fully saturated rings. The fraction of sp³-hybridized carbons (Fsp3) is 0.333. The molecule has 0 saturated heterocycles. The normalized spacial score (nSPS) is 11.6. The number of nitrogens with one attached hydrogen (secondary N) is 1. The molecule has 0 atom stereocenters. The Hall–Kier alpha value is -1.46. The van der Waals surface area contributed by atoms with Gasteiger partial charge < -0.3 is 11.1 Å². The van der Waals surface area contributed by atoms with Crippen LogP contribution in [0.1, 0.15) is 25.2 Å². The monoisotopic (exact) mass is 334 g/mol. The summed E-state index contributed by atoms with van der Waals surface area (Å²) in [6.07, 6.45) is 1.68. The molecule has 3 N–H and O–H groups in total. The van der Waals surface area contributed by atoms with Gasteiger partial charge in [0.05, 0.1) is 6.54 Å². The van der Waals surface area contributed by atoms with Crippen LogP contribution in [-0.4, -0.2) is 16.5 Å². The lowest BCUT2D eigenvalue weighted by atomic mass is 9.84. The topological polar surface area (TPSA) is 63.8 Å². The van der Waals surface area contributed by atoms with Crippen molar-refractivity contribution in [2.45, 2.75) is 25.8 Å². The molecule has 0 aliphatic rings. The molecule has 0 amide bonds. The van der Waals surface area contributed by atoms with Crippen molar-refractivity contribution in [1.29, 1.82) is 0 Å². The Morgan fingerprint density at radius 3 is 2.55 bits per heavy atom. The number of anilines is 1. The number of hydrogen-bond donors (Lipinski definition) is 2. The van der Waals surface area contributed by atoms with E-state index in [0.29, 0.717) is 12.4 Å². The number of hydrogen-bond acceptors (Lipinski definition) is 4. The Morgan fingerprint density at radius 2 is 1.90 bits per heavy atom. The maximum atomic E-state index is 5.64. The van der Waals surface area contributed by atoms with Crippen molar-refractivity contribution in [3.05, 3.63) is 52.4 Å². The van der Waals surface area contributed by atoms with Gasteiger partial charge in [0, 0.05) is 22.6 Å². The number of aromatic nitrogens is 2. The molecule has 1 aromatic carbocycles. The zero-order valence-electron chi connectivity index (χ0n) is 11.7. The number of rotatable bonds is 5. The summed E-state index contributed by atoms with van der Waals surface area (Å²) in [6, 6.07) is 10.1. The largest absolute Gasteiger partial charge is 0.384 e. The molecular formula is C15H19BrN4. The summed E-state index contributed by atoms with van der Waals surface area (Å²) >= 11 is 3.46. The molecule has 0 aliphatic heterocycles. The van der Waals surface area contributed by atoms with Gasteiger partial charge >= 0.3 is 0 Å². The van der Waals surface area contributed by atoms with Gasteiger partial charge in [-0.05, 0) is 23.8 Å². The quantitative estimate of drug-likeness (QED) is 0.882. The maximum Gasteiger partial charge on any atom is 0.144 e. The second kappa shape index (κ2) is 6.33. The van der Waals surface area contributed by atoms with E-state index < -0.39 is 0 Å². The summed E-state index contributed by atoms with van der Waals surface area (Å²) in [7, 11) is 0. The van der Waals surface area contributed by atoms with Gasteiger partial charge in [-0.1, -0.05) is 41.9 Å². The Labute approximate surface area is 128 Å². The summed E-state index contributed by atoms with van der Waals surface area (Å²) in [5, 5.41) is 3.39. The van der Waals surface area contributed by atoms with Crippen LogP contribution < -0.4 is 11.1 Å². The van der Waals surface area contributed by atoms with Gasteiger partial charge in [-0.2, -0.15) is 0 Å². The predicted molar refractivity (Wildman–Crippen MR) is 85.3 cm³/mol. The zero-order valence-corrected chi connectivity index (χ0v) is 13.3. The summed E-state index contributed by atoms with van der Waals surface area (Å²) in [6.45, 7) is 5.88. The number of nitrogens with zero attached hydrogens (tertiary/aromatic N) is 2. The zero-order chi connectivity index (χ0) is 14.6. The molecule has 106 valence electrons. The highest BCUT2D eigenvalue weighted by molar-refractivity contribution is 9.10. The Bertz CT molecular complexity index is 566. The average Bonchev–Trinajstić information content (AvgIpc) is 2.39. The van der Waals surface area contributed by atoms with E-state index in [0.717, 1.165) is 16.8 Å². The van der Waals surface area contributed by atoms with Crippen molar-refractivity contribution in [3.8, 4) is 0 Å². The van der Waals surface area contributed by atoms with Crippen molar-refractivity contribution in [1.82, 2.24) is 15.3 Å². The molecule has 4 nitrogen and oxygen atoms in total. The van der Waals surface area contributed by atoms with E-state index in [-0.39, 0.29) is 5.41 Å². The Morgan fingerprint density at radius 1 is 1.20 bits per heavy atom. The van der Waals surface area contributed by atoms with E-state index in [1.807, 2.05) is 0 Å². The number of halogens is 1. The fourth-order valence-electron chi connectivity index (χ4n) is 1.99. The highest BCUT2D eigenvalue weighted by atomic mass is 79.9. The fourth-order valence-corrected chi connectivity index (χ4v) is 2.25. The first-order valence-electron chi connectivity index (χ1n) is 6.51. The second-order valence-corrected chi connectivity index (χ2v) is 6.31. The van der Waals surface area contributed by atoms with Crippen LogP contribution in [0.4, 0.5) is 5.82 Å². The van der Waals surface area contributed by atoms with E-state index in [1.165, 1.54) is 5.56 Å². The molecule has 0 aliphatic carbocycles. The third-order valence-corrected chi connectivity index (χ3v) is 3.73. The van der Waals surface area contributed by atoms with Crippen LogP contribution in [0, 0.1) is 0 Å². The molecule has 2 rings (SSSR count). The SMILES string of the molecule is CC(C)(CNCc1nccc(N)n1)c1ccc(Br)cc1. The molecule has 0 bridgehead atoms. The minimum absolute atomic E-state index is 0.0427. The molecule has 20 heavy (non-hydrogen) atoms. The molecule has 1 heterocycles. The third-order valence-electron chi connectivity index (χ3n) is 3.20. The molecular weight excluding hydrogens is 316 g/mol. The van der Waals surface area contributed by atoms with E-state index >= 15 is 0 Å². The molecule has 0 radical (unpaired) electrons. The van der Waals surface area contributed by atoms with Crippen molar-refractivity contribution in [2.24, 2.45) is 0 Å². The maximum absolute atomic E-state index is 5.64. The lowest BCUT2D eigenvalue weighted by molar-refractivity contribution is 0.464. The average molecular weight is 335 g/mol. The van der Waals surface area contributed by atoms with Gasteiger partial charge in [-0.25, -0.2) is 9.97 Å². The first-order chi connectivity index (χ1) is 9.47. The summed E-state index contributed by atoms with van der Waals surface area (Å²) < 4.78 is 1.10. The Balaban J connectivity index is 1.94. The van der Waals surface area contributed by atoms with Gasteiger partial charge in [-0.15, -0.1) is 0 Å². The molecule has 0 unspecified atom stereocenters. The molecule has 1 aromatic heterocycles. The summed E-state index contributed by atoms with van der Waals surface area (Å²) in [5.74, 6) is 1.22. The summed E-state index contributed by atoms with van der Waals surface area (Å²) in [5.41, 5.74) is 6.97. The third kappa shape index (κ3) is 4.02. The van der Waals surface area contributed by atoms with Gasteiger partial charge in [-0.3, -0.25) is 0 Å². The van der Waals surface area contributed by atoms with Crippen LogP contribution in [0.5, 0.6) is 0 Å². The molecule has 0 spiro atoms. The van der Waals surface area contributed by atoms with Crippen molar-refractivity contribution in [2.75, 3.05) is 12.3 Å². The minimum Gasteiger partial charge on any atom is -0.384 e. The van der Waals surface area contributed by atoms with Gasteiger partial charge in [0.1, 0.15) is 11.6 Å². The lowest BCUT2D eigenvalue weighted by Crippen LogP contribution is -2.33. The highest BCUT2D eigenvalue weighted by Crippen LogP contribution is 2.24. The van der Waals surface area contributed by atoms with Crippen LogP contribution in [0.25, 0.3) is 0 Å². The van der Waals surface area contributed by atoms with Crippen LogP contribution in [0.2, 0.25) is 0 Å². The van der Waals surface area contributed by atoms with Gasteiger partial charge in [0.15, 0.2) is 0 Å². The van der Waals surface area contributed by atoms with E-state index in [9.17, 15) is 0 Å². The highest BCUT2D eigenvalue weighted by Gasteiger charge is 2.19. The molecule has 2 aromatic rings. The van der Waals surface area contributed by atoms with Crippen LogP contribution in [-0.2, 0) is 12.0 Å². The number of nitrogen functional groups attached to an aromatic ring is 1. The molecule has 0 saturated carbocycles. The smallest absolute Gasteiger partial charge is 0.144 e.